The molecule has 11 heteroatoms. The maximum Gasteiger partial charge on any atom is 0.303 e. The van der Waals surface area contributed by atoms with Gasteiger partial charge >= 0.3 is 17.9 Å². The zero-order valence-electron chi connectivity index (χ0n) is 14.3. The van der Waals surface area contributed by atoms with Crippen molar-refractivity contribution in [2.75, 3.05) is 6.61 Å². The first-order chi connectivity index (χ1) is 11.1. The lowest BCUT2D eigenvalue weighted by molar-refractivity contribution is -0.222. The van der Waals surface area contributed by atoms with Crippen molar-refractivity contribution in [1.82, 2.24) is 5.32 Å². The smallest absolute Gasteiger partial charge is 0.303 e. The molecule has 1 saturated heterocycles. The molecule has 10 nitrogen and oxygen atoms in total. The van der Waals surface area contributed by atoms with E-state index in [2.05, 4.69) is 5.32 Å². The van der Waals surface area contributed by atoms with Gasteiger partial charge in [0.2, 0.25) is 5.91 Å². The fourth-order valence-corrected chi connectivity index (χ4v) is 2.37. The van der Waals surface area contributed by atoms with Crippen LogP contribution in [0.5, 0.6) is 0 Å². The molecule has 1 aliphatic rings. The molecule has 0 aliphatic carbocycles. The third-order valence-electron chi connectivity index (χ3n) is 3.15. The zero-order valence-corrected chi connectivity index (χ0v) is 15.2. The van der Waals surface area contributed by atoms with Crippen LogP contribution in [0, 0.1) is 0 Å². The maximum atomic E-state index is 11.4. The molecule has 25 heavy (non-hydrogen) atoms. The standard InChI is InChI=1S/C14H22N2O8.ClH/c1-6(17)16-11-13(23-9(4)20)12(22-8(3)19)10(24-14(11)15)5-21-7(2)18;/h10-14H,5,15H2,1-4H3,(H,16,17);1H/t10-,11-,12-,13-,14-;/m1./s1. The van der Waals surface area contributed by atoms with Crippen molar-refractivity contribution >= 4 is 36.2 Å². The Hall–Kier alpha value is -1.91. The summed E-state index contributed by atoms with van der Waals surface area (Å²) in [5, 5.41) is 2.51. The minimum Gasteiger partial charge on any atom is -0.463 e. The molecule has 0 saturated carbocycles. The number of hydrogen-bond donors (Lipinski definition) is 2. The Kier molecular flexibility index (Phi) is 9.39. The number of esters is 3. The van der Waals surface area contributed by atoms with Crippen LogP contribution in [0.15, 0.2) is 0 Å². The van der Waals surface area contributed by atoms with Crippen molar-refractivity contribution in [3.8, 4) is 0 Å². The van der Waals surface area contributed by atoms with E-state index in [9.17, 15) is 19.2 Å². The van der Waals surface area contributed by atoms with Crippen molar-refractivity contribution in [3.05, 3.63) is 0 Å². The fraction of sp³-hybridized carbons (Fsp3) is 0.714. The third-order valence-corrected chi connectivity index (χ3v) is 3.15. The zero-order chi connectivity index (χ0) is 18.4. The molecule has 0 radical (unpaired) electrons. The molecule has 1 heterocycles. The van der Waals surface area contributed by atoms with Gasteiger partial charge in [0, 0.05) is 27.7 Å². The Morgan fingerprint density at radius 3 is 1.92 bits per heavy atom. The molecule has 1 fully saturated rings. The summed E-state index contributed by atoms with van der Waals surface area (Å²) in [7, 11) is 0. The average Bonchev–Trinajstić information content (AvgIpc) is 2.42. The van der Waals surface area contributed by atoms with Crippen molar-refractivity contribution in [1.29, 1.82) is 0 Å². The lowest BCUT2D eigenvalue weighted by Gasteiger charge is -2.44. The summed E-state index contributed by atoms with van der Waals surface area (Å²) < 4.78 is 20.7. The van der Waals surface area contributed by atoms with Crippen LogP contribution in [-0.4, -0.2) is 61.0 Å². The second kappa shape index (κ2) is 10.2. The second-order valence-corrected chi connectivity index (χ2v) is 5.32. The van der Waals surface area contributed by atoms with Crippen LogP contribution in [0.2, 0.25) is 0 Å². The molecule has 144 valence electrons. The number of carbonyl (C=O) groups is 4. The van der Waals surface area contributed by atoms with Gasteiger partial charge in [-0.25, -0.2) is 0 Å². The van der Waals surface area contributed by atoms with Gasteiger partial charge in [-0.1, -0.05) is 0 Å². The first-order valence-corrected chi connectivity index (χ1v) is 7.27. The number of amides is 1. The maximum absolute atomic E-state index is 11.4. The highest BCUT2D eigenvalue weighted by molar-refractivity contribution is 5.85. The summed E-state index contributed by atoms with van der Waals surface area (Å²) in [5.74, 6) is -2.32. The molecule has 0 spiro atoms. The van der Waals surface area contributed by atoms with E-state index < -0.39 is 54.4 Å². The lowest BCUT2D eigenvalue weighted by Crippen LogP contribution is -2.68. The van der Waals surface area contributed by atoms with Crippen LogP contribution in [-0.2, 0) is 38.1 Å². The number of nitrogens with two attached hydrogens (primary N) is 1. The highest BCUT2D eigenvalue weighted by Crippen LogP contribution is 2.25. The van der Waals surface area contributed by atoms with Crippen LogP contribution in [0.1, 0.15) is 27.7 Å². The quantitative estimate of drug-likeness (QED) is 0.453. The predicted octanol–water partition coefficient (Wildman–Crippen LogP) is -0.977. The summed E-state index contributed by atoms with van der Waals surface area (Å²) in [6.07, 6.45) is -4.23. The molecular formula is C14H23ClN2O8. The Labute approximate surface area is 151 Å². The number of hydrogen-bond acceptors (Lipinski definition) is 9. The minimum atomic E-state index is -1.11. The molecule has 0 aromatic rings. The summed E-state index contributed by atoms with van der Waals surface area (Å²) in [6.45, 7) is 4.52. The van der Waals surface area contributed by atoms with Crippen LogP contribution in [0.25, 0.3) is 0 Å². The summed E-state index contributed by atoms with van der Waals surface area (Å²) in [6, 6.07) is -0.940. The molecule has 1 aliphatic heterocycles. The van der Waals surface area contributed by atoms with Gasteiger partial charge in [-0.2, -0.15) is 0 Å². The van der Waals surface area contributed by atoms with Crippen molar-refractivity contribution in [3.63, 3.8) is 0 Å². The van der Waals surface area contributed by atoms with Gasteiger partial charge in [0.1, 0.15) is 25.0 Å². The van der Waals surface area contributed by atoms with E-state index >= 15 is 0 Å². The molecule has 3 N–H and O–H groups in total. The predicted molar refractivity (Wildman–Crippen MR) is 85.4 cm³/mol. The summed E-state index contributed by atoms with van der Waals surface area (Å²) >= 11 is 0. The van der Waals surface area contributed by atoms with Gasteiger partial charge in [-0.05, 0) is 0 Å². The van der Waals surface area contributed by atoms with Gasteiger partial charge in [-0.15, -0.1) is 12.4 Å². The van der Waals surface area contributed by atoms with E-state index in [0.29, 0.717) is 0 Å². The number of rotatable bonds is 5. The van der Waals surface area contributed by atoms with E-state index in [4.69, 9.17) is 24.7 Å². The molecule has 0 unspecified atom stereocenters. The normalized spacial score (nSPS) is 28.1. The first-order valence-electron chi connectivity index (χ1n) is 7.27. The first kappa shape index (κ1) is 23.1. The van der Waals surface area contributed by atoms with Crippen molar-refractivity contribution < 1.29 is 38.1 Å². The van der Waals surface area contributed by atoms with Gasteiger partial charge in [0.05, 0.1) is 0 Å². The van der Waals surface area contributed by atoms with Gasteiger partial charge < -0.3 is 30.0 Å². The van der Waals surface area contributed by atoms with Crippen LogP contribution in [0.3, 0.4) is 0 Å². The molecule has 0 aromatic heterocycles. The molecule has 1 amide bonds. The molecule has 0 aromatic carbocycles. The molecular weight excluding hydrogens is 360 g/mol. The topological polar surface area (TPSA) is 143 Å². The monoisotopic (exact) mass is 382 g/mol. The van der Waals surface area contributed by atoms with E-state index in [-0.39, 0.29) is 19.0 Å². The van der Waals surface area contributed by atoms with E-state index in [1.807, 2.05) is 0 Å². The van der Waals surface area contributed by atoms with Crippen LogP contribution < -0.4 is 11.1 Å². The average molecular weight is 383 g/mol. The number of ether oxygens (including phenoxy) is 4. The molecule has 5 atom stereocenters. The Balaban J connectivity index is 0.00000576. The van der Waals surface area contributed by atoms with E-state index in [1.54, 1.807) is 0 Å². The number of nitrogens with one attached hydrogen (secondary N) is 1. The Morgan fingerprint density at radius 1 is 0.960 bits per heavy atom. The van der Waals surface area contributed by atoms with Crippen molar-refractivity contribution in [2.24, 2.45) is 5.73 Å². The van der Waals surface area contributed by atoms with Gasteiger partial charge in [0.15, 0.2) is 12.2 Å². The van der Waals surface area contributed by atoms with E-state index in [1.165, 1.54) is 13.8 Å². The highest BCUT2D eigenvalue weighted by atomic mass is 35.5. The van der Waals surface area contributed by atoms with Crippen LogP contribution >= 0.6 is 12.4 Å². The van der Waals surface area contributed by atoms with E-state index in [0.717, 1.165) is 13.8 Å². The molecule has 0 bridgehead atoms. The minimum absolute atomic E-state index is 0. The van der Waals surface area contributed by atoms with Crippen LogP contribution in [0.4, 0.5) is 0 Å². The molecule has 1 rings (SSSR count). The summed E-state index contributed by atoms with van der Waals surface area (Å²) in [5.41, 5.74) is 5.87. The van der Waals surface area contributed by atoms with Gasteiger partial charge in [0.25, 0.3) is 0 Å². The number of carbonyl (C=O) groups excluding carboxylic acids is 4. The lowest BCUT2D eigenvalue weighted by atomic mass is 9.95. The Bertz CT molecular complexity index is 515. The third kappa shape index (κ3) is 7.24. The van der Waals surface area contributed by atoms with Crippen molar-refractivity contribution in [2.45, 2.75) is 58.3 Å². The SMILES string of the molecule is CC(=O)N[C@@H]1[C@@H](OC(C)=O)[C@H](OC(C)=O)[C@@H](COC(C)=O)O[C@H]1N.Cl. The second-order valence-electron chi connectivity index (χ2n) is 5.32. The summed E-state index contributed by atoms with van der Waals surface area (Å²) in [4.78, 5) is 45.2. The number of halogens is 1. The largest absolute Gasteiger partial charge is 0.463 e. The Morgan fingerprint density at radius 2 is 1.48 bits per heavy atom. The highest BCUT2D eigenvalue weighted by Gasteiger charge is 2.49. The fourth-order valence-electron chi connectivity index (χ4n) is 2.37. The van der Waals surface area contributed by atoms with Gasteiger partial charge in [-0.3, -0.25) is 19.2 Å².